The van der Waals surface area contributed by atoms with E-state index < -0.39 is 0 Å². The zero-order valence-electron chi connectivity index (χ0n) is 14.6. The van der Waals surface area contributed by atoms with Crippen molar-refractivity contribution in [3.05, 3.63) is 23.8 Å². The van der Waals surface area contributed by atoms with Crippen LogP contribution in [0.25, 0.3) is 0 Å². The Morgan fingerprint density at radius 3 is 2.78 bits per heavy atom. The SMILES string of the molecule is CCN(CC)CCCNC(=O)c1ccc2c(c1)N(CC)CCS2. The van der Waals surface area contributed by atoms with Gasteiger partial charge in [0.2, 0.25) is 0 Å². The Morgan fingerprint density at radius 1 is 1.30 bits per heavy atom. The van der Waals surface area contributed by atoms with Gasteiger partial charge in [0, 0.05) is 35.8 Å². The molecule has 1 aliphatic rings. The average molecular weight is 336 g/mol. The third-order valence-corrected chi connectivity index (χ3v) is 5.44. The Labute approximate surface area is 144 Å². The molecule has 1 N–H and O–H groups in total. The van der Waals surface area contributed by atoms with Crippen molar-refractivity contribution in [3.8, 4) is 0 Å². The van der Waals surface area contributed by atoms with Crippen LogP contribution in [0.4, 0.5) is 5.69 Å². The van der Waals surface area contributed by atoms with E-state index >= 15 is 0 Å². The lowest BCUT2D eigenvalue weighted by Gasteiger charge is -2.30. The molecule has 0 bridgehead atoms. The molecule has 0 saturated carbocycles. The van der Waals surface area contributed by atoms with Crippen molar-refractivity contribution >= 4 is 23.4 Å². The molecule has 23 heavy (non-hydrogen) atoms. The smallest absolute Gasteiger partial charge is 0.251 e. The zero-order chi connectivity index (χ0) is 16.7. The van der Waals surface area contributed by atoms with E-state index in [-0.39, 0.29) is 5.91 Å². The summed E-state index contributed by atoms with van der Waals surface area (Å²) in [6.45, 7) is 12.5. The quantitative estimate of drug-likeness (QED) is 0.741. The lowest BCUT2D eigenvalue weighted by Crippen LogP contribution is -2.31. The first-order valence-electron chi connectivity index (χ1n) is 8.71. The van der Waals surface area contributed by atoms with Gasteiger partial charge in [0.05, 0.1) is 5.69 Å². The minimum atomic E-state index is 0.0407. The summed E-state index contributed by atoms with van der Waals surface area (Å²) in [6, 6.07) is 6.09. The fraction of sp³-hybridized carbons (Fsp3) is 0.611. The molecule has 1 heterocycles. The Hall–Kier alpha value is -1.20. The number of rotatable bonds is 8. The van der Waals surface area contributed by atoms with E-state index in [2.05, 4.69) is 42.0 Å². The molecular formula is C18H29N3OS. The van der Waals surface area contributed by atoms with Crippen molar-refractivity contribution in [2.75, 3.05) is 49.9 Å². The Bertz CT molecular complexity index is 517. The van der Waals surface area contributed by atoms with Gasteiger partial charge < -0.3 is 15.1 Å². The second-order valence-corrected chi connectivity index (χ2v) is 6.88. The molecule has 1 aromatic carbocycles. The van der Waals surface area contributed by atoms with Gasteiger partial charge in [-0.15, -0.1) is 11.8 Å². The Kier molecular flexibility index (Phi) is 7.24. The molecule has 0 saturated heterocycles. The van der Waals surface area contributed by atoms with E-state index in [9.17, 15) is 4.79 Å². The van der Waals surface area contributed by atoms with Crippen LogP contribution in [0.3, 0.4) is 0 Å². The van der Waals surface area contributed by atoms with E-state index in [1.165, 1.54) is 10.6 Å². The second kappa shape index (κ2) is 9.18. The van der Waals surface area contributed by atoms with Crippen LogP contribution >= 0.6 is 11.8 Å². The molecule has 0 radical (unpaired) electrons. The number of carbonyl (C=O) groups excluding carboxylic acids is 1. The van der Waals surface area contributed by atoms with Gasteiger partial charge in [-0.05, 0) is 51.2 Å². The highest BCUT2D eigenvalue weighted by Crippen LogP contribution is 2.35. The standard InChI is InChI=1S/C18H29N3OS/c1-4-20(5-2)11-7-10-19-18(22)15-8-9-17-16(14-15)21(6-3)12-13-23-17/h8-9,14H,4-7,10-13H2,1-3H3,(H,19,22). The summed E-state index contributed by atoms with van der Waals surface area (Å²) in [5.41, 5.74) is 1.98. The summed E-state index contributed by atoms with van der Waals surface area (Å²) in [5, 5.41) is 3.05. The number of amides is 1. The lowest BCUT2D eigenvalue weighted by molar-refractivity contribution is 0.0952. The Balaban J connectivity index is 1.90. The number of nitrogens with zero attached hydrogens (tertiary/aromatic N) is 2. The molecule has 2 rings (SSSR count). The number of benzene rings is 1. The lowest BCUT2D eigenvalue weighted by atomic mass is 10.1. The summed E-state index contributed by atoms with van der Waals surface area (Å²) in [4.78, 5) is 18.4. The van der Waals surface area contributed by atoms with Crippen LogP contribution in [-0.4, -0.2) is 55.8 Å². The van der Waals surface area contributed by atoms with Gasteiger partial charge in [0.15, 0.2) is 0 Å². The van der Waals surface area contributed by atoms with Crippen LogP contribution in [0.5, 0.6) is 0 Å². The molecule has 0 atom stereocenters. The average Bonchev–Trinajstić information content (AvgIpc) is 2.60. The molecule has 5 heteroatoms. The van der Waals surface area contributed by atoms with Gasteiger partial charge in [0.25, 0.3) is 5.91 Å². The Morgan fingerprint density at radius 2 is 2.09 bits per heavy atom. The largest absolute Gasteiger partial charge is 0.370 e. The number of fused-ring (bicyclic) bond motifs is 1. The molecule has 1 amide bonds. The first-order chi connectivity index (χ1) is 11.2. The molecule has 0 aromatic heterocycles. The van der Waals surface area contributed by atoms with Crippen molar-refractivity contribution in [2.24, 2.45) is 0 Å². The fourth-order valence-electron chi connectivity index (χ4n) is 2.89. The molecule has 4 nitrogen and oxygen atoms in total. The highest BCUT2D eigenvalue weighted by Gasteiger charge is 2.18. The molecule has 0 spiro atoms. The fourth-order valence-corrected chi connectivity index (χ4v) is 3.92. The topological polar surface area (TPSA) is 35.6 Å². The van der Waals surface area contributed by atoms with E-state index in [1.54, 1.807) is 0 Å². The van der Waals surface area contributed by atoms with Crippen LogP contribution in [0, 0.1) is 0 Å². The van der Waals surface area contributed by atoms with Gasteiger partial charge in [0.1, 0.15) is 0 Å². The molecule has 128 valence electrons. The maximum absolute atomic E-state index is 12.4. The third kappa shape index (κ3) is 4.88. The third-order valence-electron chi connectivity index (χ3n) is 4.39. The molecule has 1 aliphatic heterocycles. The van der Waals surface area contributed by atoms with Crippen LogP contribution in [-0.2, 0) is 0 Å². The minimum absolute atomic E-state index is 0.0407. The van der Waals surface area contributed by atoms with Gasteiger partial charge in [-0.3, -0.25) is 4.79 Å². The number of hydrogen-bond acceptors (Lipinski definition) is 4. The highest BCUT2D eigenvalue weighted by molar-refractivity contribution is 7.99. The predicted octanol–water partition coefficient (Wildman–Crippen LogP) is 3.08. The maximum Gasteiger partial charge on any atom is 0.251 e. The summed E-state index contributed by atoms with van der Waals surface area (Å²) in [6.07, 6.45) is 0.995. The number of thioether (sulfide) groups is 1. The van der Waals surface area contributed by atoms with E-state index in [4.69, 9.17) is 0 Å². The summed E-state index contributed by atoms with van der Waals surface area (Å²) >= 11 is 1.88. The van der Waals surface area contributed by atoms with Crippen molar-refractivity contribution in [1.29, 1.82) is 0 Å². The summed E-state index contributed by atoms with van der Waals surface area (Å²) < 4.78 is 0. The second-order valence-electron chi connectivity index (χ2n) is 5.75. The van der Waals surface area contributed by atoms with Crippen LogP contribution < -0.4 is 10.2 Å². The molecule has 0 unspecified atom stereocenters. The first kappa shape index (κ1) is 18.1. The van der Waals surface area contributed by atoms with E-state index in [0.717, 1.165) is 57.0 Å². The number of hydrogen-bond donors (Lipinski definition) is 1. The first-order valence-corrected chi connectivity index (χ1v) is 9.70. The number of carbonyl (C=O) groups is 1. The van der Waals surface area contributed by atoms with Gasteiger partial charge in [-0.25, -0.2) is 0 Å². The van der Waals surface area contributed by atoms with E-state index in [1.807, 2.05) is 23.9 Å². The predicted molar refractivity (Wildman–Crippen MR) is 99.8 cm³/mol. The summed E-state index contributed by atoms with van der Waals surface area (Å²) in [5.74, 6) is 1.16. The van der Waals surface area contributed by atoms with Crippen molar-refractivity contribution in [3.63, 3.8) is 0 Å². The van der Waals surface area contributed by atoms with Gasteiger partial charge in [-0.2, -0.15) is 0 Å². The molecular weight excluding hydrogens is 306 g/mol. The minimum Gasteiger partial charge on any atom is -0.370 e. The molecule has 0 aliphatic carbocycles. The van der Waals surface area contributed by atoms with Crippen molar-refractivity contribution in [2.45, 2.75) is 32.1 Å². The molecule has 0 fully saturated rings. The van der Waals surface area contributed by atoms with Crippen molar-refractivity contribution < 1.29 is 4.79 Å². The van der Waals surface area contributed by atoms with Crippen LogP contribution in [0.1, 0.15) is 37.6 Å². The number of anilines is 1. The van der Waals surface area contributed by atoms with Crippen LogP contribution in [0.15, 0.2) is 23.1 Å². The maximum atomic E-state index is 12.4. The monoisotopic (exact) mass is 335 g/mol. The highest BCUT2D eigenvalue weighted by atomic mass is 32.2. The van der Waals surface area contributed by atoms with Crippen LogP contribution in [0.2, 0.25) is 0 Å². The zero-order valence-corrected chi connectivity index (χ0v) is 15.4. The van der Waals surface area contributed by atoms with Gasteiger partial charge in [-0.1, -0.05) is 13.8 Å². The summed E-state index contributed by atoms with van der Waals surface area (Å²) in [7, 11) is 0. The normalized spacial score (nSPS) is 14.0. The molecule has 1 aromatic rings. The van der Waals surface area contributed by atoms with E-state index in [0.29, 0.717) is 0 Å². The van der Waals surface area contributed by atoms with Gasteiger partial charge >= 0.3 is 0 Å². The number of nitrogens with one attached hydrogen (secondary N) is 1. The van der Waals surface area contributed by atoms with Crippen molar-refractivity contribution in [1.82, 2.24) is 10.2 Å².